The van der Waals surface area contributed by atoms with E-state index in [0.717, 1.165) is 5.69 Å². The molecule has 1 aromatic heterocycles. The van der Waals surface area contributed by atoms with Gasteiger partial charge in [0.2, 0.25) is 0 Å². The topological polar surface area (TPSA) is 58.1 Å². The number of fused-ring (bicyclic) bond motifs is 1. The lowest BCUT2D eigenvalue weighted by Gasteiger charge is -2.19. The maximum Gasteiger partial charge on any atom is 0.326 e. The molecule has 114 valence electrons. The molecule has 5 nitrogen and oxygen atoms in total. The molecule has 0 aliphatic carbocycles. The molecular formula is C17H20N4O. The fraction of sp³-hybridized carbons (Fsp3) is 0.353. The molecule has 2 heterocycles. The first-order valence-electron chi connectivity index (χ1n) is 7.52. The van der Waals surface area contributed by atoms with Gasteiger partial charge in [0, 0.05) is 18.2 Å². The fourth-order valence-corrected chi connectivity index (χ4v) is 2.85. The zero-order chi connectivity index (χ0) is 15.7. The number of carbonyl (C=O) groups is 1. The van der Waals surface area contributed by atoms with Gasteiger partial charge in [-0.1, -0.05) is 32.0 Å². The van der Waals surface area contributed by atoms with Crippen molar-refractivity contribution in [2.45, 2.75) is 26.7 Å². The van der Waals surface area contributed by atoms with Crippen LogP contribution in [0, 0.1) is 12.8 Å². The van der Waals surface area contributed by atoms with Gasteiger partial charge < -0.3 is 5.32 Å². The number of hydrogen-bond acceptors (Lipinski definition) is 3. The van der Waals surface area contributed by atoms with Gasteiger partial charge in [0.15, 0.2) is 0 Å². The van der Waals surface area contributed by atoms with Crippen LogP contribution in [0.3, 0.4) is 0 Å². The number of urea groups is 1. The molecule has 1 aromatic carbocycles. The third-order valence-electron chi connectivity index (χ3n) is 4.09. The summed E-state index contributed by atoms with van der Waals surface area (Å²) in [5, 5.41) is 2.87. The summed E-state index contributed by atoms with van der Waals surface area (Å²) >= 11 is 0. The van der Waals surface area contributed by atoms with E-state index < -0.39 is 0 Å². The van der Waals surface area contributed by atoms with Crippen LogP contribution in [0.25, 0.3) is 0 Å². The van der Waals surface area contributed by atoms with E-state index in [2.05, 4.69) is 35.2 Å². The molecule has 22 heavy (non-hydrogen) atoms. The molecule has 3 rings (SSSR count). The predicted octanol–water partition coefficient (Wildman–Crippen LogP) is 3.58. The van der Waals surface area contributed by atoms with Crippen LogP contribution in [0.1, 0.15) is 31.2 Å². The summed E-state index contributed by atoms with van der Waals surface area (Å²) in [5.41, 5.74) is 2.85. The van der Waals surface area contributed by atoms with Crippen LogP contribution in [0.4, 0.5) is 16.2 Å². The minimum atomic E-state index is -0.136. The lowest BCUT2D eigenvalue weighted by molar-refractivity contribution is 0.256. The van der Waals surface area contributed by atoms with Gasteiger partial charge in [-0.25, -0.2) is 14.8 Å². The van der Waals surface area contributed by atoms with Crippen molar-refractivity contribution in [1.82, 2.24) is 9.97 Å². The van der Waals surface area contributed by atoms with Gasteiger partial charge >= 0.3 is 6.03 Å². The van der Waals surface area contributed by atoms with Gasteiger partial charge in [0.05, 0.1) is 18.1 Å². The van der Waals surface area contributed by atoms with E-state index in [4.69, 9.17) is 0 Å². The second-order valence-corrected chi connectivity index (χ2v) is 5.97. The summed E-state index contributed by atoms with van der Waals surface area (Å²) in [7, 11) is 0. The lowest BCUT2D eigenvalue weighted by Crippen LogP contribution is -2.34. The molecule has 1 aliphatic heterocycles. The SMILES string of the molecule is Cc1ncc(NC(=O)N2CC(C(C)C)c3ccccc32)cn1. The second-order valence-electron chi connectivity index (χ2n) is 5.97. The molecule has 0 spiro atoms. The van der Waals surface area contributed by atoms with Crippen LogP contribution in [0.5, 0.6) is 0 Å². The van der Waals surface area contributed by atoms with Crippen LogP contribution in [0.2, 0.25) is 0 Å². The molecule has 2 amide bonds. The van der Waals surface area contributed by atoms with E-state index in [0.29, 0.717) is 29.9 Å². The third kappa shape index (κ3) is 2.66. The number of para-hydroxylation sites is 1. The highest BCUT2D eigenvalue weighted by atomic mass is 16.2. The van der Waals surface area contributed by atoms with Crippen molar-refractivity contribution in [3.63, 3.8) is 0 Å². The average molecular weight is 296 g/mol. The molecule has 1 aliphatic rings. The highest BCUT2D eigenvalue weighted by Gasteiger charge is 2.33. The molecule has 1 N–H and O–H groups in total. The van der Waals surface area contributed by atoms with Crippen molar-refractivity contribution in [2.24, 2.45) is 5.92 Å². The molecule has 0 radical (unpaired) electrons. The molecule has 1 atom stereocenters. The van der Waals surface area contributed by atoms with Crippen molar-refractivity contribution in [2.75, 3.05) is 16.8 Å². The average Bonchev–Trinajstić information content (AvgIpc) is 2.89. The first-order chi connectivity index (χ1) is 10.6. The van der Waals surface area contributed by atoms with Crippen LogP contribution < -0.4 is 10.2 Å². The largest absolute Gasteiger partial charge is 0.326 e. The van der Waals surface area contributed by atoms with Crippen molar-refractivity contribution < 1.29 is 4.79 Å². The Balaban J connectivity index is 1.83. The summed E-state index contributed by atoms with van der Waals surface area (Å²) in [6, 6.07) is 7.98. The maximum atomic E-state index is 12.6. The van der Waals surface area contributed by atoms with Crippen molar-refractivity contribution in [3.05, 3.63) is 48.0 Å². The number of anilines is 2. The Hall–Kier alpha value is -2.43. The Bertz CT molecular complexity index is 681. The Kier molecular flexibility index (Phi) is 3.79. The Labute approximate surface area is 130 Å². The number of aromatic nitrogens is 2. The monoisotopic (exact) mass is 296 g/mol. The molecular weight excluding hydrogens is 276 g/mol. The van der Waals surface area contributed by atoms with E-state index in [1.54, 1.807) is 17.3 Å². The molecule has 0 saturated carbocycles. The minimum Gasteiger partial charge on any atom is -0.305 e. The molecule has 0 fully saturated rings. The van der Waals surface area contributed by atoms with Crippen LogP contribution >= 0.6 is 0 Å². The zero-order valence-corrected chi connectivity index (χ0v) is 13.1. The molecule has 0 saturated heterocycles. The maximum absolute atomic E-state index is 12.6. The highest BCUT2D eigenvalue weighted by Crippen LogP contribution is 2.40. The van der Waals surface area contributed by atoms with Gasteiger partial charge in [-0.3, -0.25) is 4.90 Å². The number of aryl methyl sites for hydroxylation is 1. The molecule has 2 aromatic rings. The lowest BCUT2D eigenvalue weighted by atomic mass is 9.90. The van der Waals surface area contributed by atoms with E-state index in [-0.39, 0.29) is 6.03 Å². The Morgan fingerprint density at radius 2 is 1.95 bits per heavy atom. The minimum absolute atomic E-state index is 0.136. The summed E-state index contributed by atoms with van der Waals surface area (Å²) in [5.74, 6) is 1.54. The molecule has 5 heteroatoms. The van der Waals surface area contributed by atoms with Crippen LogP contribution in [-0.4, -0.2) is 22.5 Å². The molecule has 0 bridgehead atoms. The van der Waals surface area contributed by atoms with Gasteiger partial charge in [0.1, 0.15) is 5.82 Å². The van der Waals surface area contributed by atoms with Crippen molar-refractivity contribution in [3.8, 4) is 0 Å². The summed E-state index contributed by atoms with van der Waals surface area (Å²) in [6.07, 6.45) is 3.25. The number of amides is 2. The Morgan fingerprint density at radius 1 is 1.27 bits per heavy atom. The molecule has 1 unspecified atom stereocenters. The standard InChI is InChI=1S/C17H20N4O/c1-11(2)15-10-21(16-7-5-4-6-14(15)16)17(22)20-13-8-18-12(3)19-9-13/h4-9,11,15H,10H2,1-3H3,(H,20,22). The first kappa shape index (κ1) is 14.5. The fourth-order valence-electron chi connectivity index (χ4n) is 2.85. The number of rotatable bonds is 2. The predicted molar refractivity (Wildman–Crippen MR) is 87.2 cm³/mol. The van der Waals surface area contributed by atoms with E-state index in [1.807, 2.05) is 25.1 Å². The number of benzene rings is 1. The summed E-state index contributed by atoms with van der Waals surface area (Å²) in [6.45, 7) is 6.90. The second kappa shape index (κ2) is 5.75. The Morgan fingerprint density at radius 3 is 2.64 bits per heavy atom. The van der Waals surface area contributed by atoms with Gasteiger partial charge in [-0.15, -0.1) is 0 Å². The number of carbonyl (C=O) groups excluding carboxylic acids is 1. The van der Waals surface area contributed by atoms with Gasteiger partial charge in [-0.2, -0.15) is 0 Å². The zero-order valence-electron chi connectivity index (χ0n) is 13.1. The van der Waals surface area contributed by atoms with E-state index in [1.165, 1.54) is 5.56 Å². The van der Waals surface area contributed by atoms with E-state index in [9.17, 15) is 4.79 Å². The van der Waals surface area contributed by atoms with Gasteiger partial charge in [-0.05, 0) is 24.5 Å². The smallest absolute Gasteiger partial charge is 0.305 e. The summed E-state index contributed by atoms with van der Waals surface area (Å²) in [4.78, 5) is 22.6. The number of hydrogen-bond donors (Lipinski definition) is 1. The van der Waals surface area contributed by atoms with Crippen LogP contribution in [0.15, 0.2) is 36.7 Å². The first-order valence-corrected chi connectivity index (χ1v) is 7.52. The van der Waals surface area contributed by atoms with E-state index >= 15 is 0 Å². The normalized spacial score (nSPS) is 16.7. The van der Waals surface area contributed by atoms with Crippen molar-refractivity contribution in [1.29, 1.82) is 0 Å². The number of nitrogens with one attached hydrogen (secondary N) is 1. The highest BCUT2D eigenvalue weighted by molar-refractivity contribution is 6.03. The third-order valence-corrected chi connectivity index (χ3v) is 4.09. The van der Waals surface area contributed by atoms with Gasteiger partial charge in [0.25, 0.3) is 0 Å². The van der Waals surface area contributed by atoms with Crippen LogP contribution in [-0.2, 0) is 0 Å². The summed E-state index contributed by atoms with van der Waals surface area (Å²) < 4.78 is 0. The van der Waals surface area contributed by atoms with Crippen molar-refractivity contribution >= 4 is 17.4 Å². The number of nitrogens with zero attached hydrogens (tertiary/aromatic N) is 3. The quantitative estimate of drug-likeness (QED) is 0.921.